The lowest BCUT2D eigenvalue weighted by Gasteiger charge is -2.10. The van der Waals surface area contributed by atoms with Crippen LogP contribution in [0, 0.1) is 5.82 Å². The zero-order valence-corrected chi connectivity index (χ0v) is 12.0. The van der Waals surface area contributed by atoms with Gasteiger partial charge in [0.25, 0.3) is 5.56 Å². The Balaban J connectivity index is 2.31. The fraction of sp³-hybridized carbons (Fsp3) is 0.154. The molecule has 2 rings (SSSR count). The third-order valence-electron chi connectivity index (χ3n) is 2.65. The molecule has 0 aliphatic heterocycles. The Morgan fingerprint density at radius 2 is 1.83 bits per heavy atom. The Hall–Kier alpha value is -2.36. The van der Waals surface area contributed by atoms with Gasteiger partial charge < -0.3 is 9.17 Å². The van der Waals surface area contributed by atoms with Gasteiger partial charge in [-0.3, -0.25) is 4.79 Å². The van der Waals surface area contributed by atoms with Crippen LogP contribution in [0.3, 0.4) is 0 Å². The third kappa shape index (κ3) is 4.31. The van der Waals surface area contributed by atoms with Gasteiger partial charge in [0, 0.05) is 24.2 Å². The summed E-state index contributed by atoms with van der Waals surface area (Å²) in [6.07, 6.45) is -0.0315. The lowest BCUT2D eigenvalue weighted by Crippen LogP contribution is -2.28. The van der Waals surface area contributed by atoms with Crippen LogP contribution < -0.4 is 9.74 Å². The quantitative estimate of drug-likeness (QED) is 0.521. The molecule has 0 aliphatic carbocycles. The van der Waals surface area contributed by atoms with Crippen molar-refractivity contribution in [1.82, 2.24) is 4.98 Å². The Kier molecular flexibility index (Phi) is 4.46. The second-order valence-corrected chi connectivity index (χ2v) is 6.03. The van der Waals surface area contributed by atoms with Crippen LogP contribution in [0.15, 0.2) is 41.2 Å². The Morgan fingerprint density at radius 3 is 2.43 bits per heavy atom. The SMILES string of the molecule is O=c1cc(OS(=O)(=O)C(F)(F)F)cc(Cc2cccc(F)c2)[nH]1. The smallest absolute Gasteiger partial charge is 0.376 e. The van der Waals surface area contributed by atoms with E-state index in [2.05, 4.69) is 9.17 Å². The van der Waals surface area contributed by atoms with Crippen molar-refractivity contribution in [3.8, 4) is 5.75 Å². The van der Waals surface area contributed by atoms with E-state index in [4.69, 9.17) is 0 Å². The summed E-state index contributed by atoms with van der Waals surface area (Å²) in [5.74, 6) is -1.31. The standard InChI is InChI=1S/C13H9F4NO4S/c14-9-3-1-2-8(4-9)5-10-6-11(7-12(19)18-10)22-23(20,21)13(15,16)17/h1-4,6-7H,5H2,(H,18,19). The van der Waals surface area contributed by atoms with Gasteiger partial charge >= 0.3 is 15.6 Å². The third-order valence-corrected chi connectivity index (χ3v) is 3.63. The Morgan fingerprint density at radius 1 is 1.13 bits per heavy atom. The maximum absolute atomic E-state index is 13.1. The molecule has 1 aromatic carbocycles. The number of hydrogen-bond donors (Lipinski definition) is 1. The van der Waals surface area contributed by atoms with Crippen molar-refractivity contribution >= 4 is 10.1 Å². The van der Waals surface area contributed by atoms with E-state index < -0.39 is 32.8 Å². The van der Waals surface area contributed by atoms with Crippen LogP contribution in [-0.2, 0) is 16.5 Å². The van der Waals surface area contributed by atoms with Crippen LogP contribution in [0.4, 0.5) is 17.6 Å². The normalized spacial score (nSPS) is 12.2. The highest BCUT2D eigenvalue weighted by Gasteiger charge is 2.48. The molecule has 1 aromatic heterocycles. The molecule has 0 spiro atoms. The summed E-state index contributed by atoms with van der Waals surface area (Å²) in [4.78, 5) is 13.7. The molecular weight excluding hydrogens is 342 g/mol. The van der Waals surface area contributed by atoms with Crippen molar-refractivity contribution in [3.63, 3.8) is 0 Å². The minimum Gasteiger partial charge on any atom is -0.376 e. The van der Waals surface area contributed by atoms with Gasteiger partial charge in [0.05, 0.1) is 0 Å². The first-order valence-corrected chi connectivity index (χ1v) is 7.46. The first kappa shape index (κ1) is 17.0. The number of rotatable bonds is 4. The van der Waals surface area contributed by atoms with Crippen LogP contribution >= 0.6 is 0 Å². The highest BCUT2D eigenvalue weighted by Crippen LogP contribution is 2.26. The molecule has 23 heavy (non-hydrogen) atoms. The van der Waals surface area contributed by atoms with Crippen molar-refractivity contribution in [3.05, 3.63) is 63.8 Å². The van der Waals surface area contributed by atoms with Crippen molar-refractivity contribution in [2.75, 3.05) is 0 Å². The Labute approximate surface area is 127 Å². The second kappa shape index (κ2) is 6.03. The maximum Gasteiger partial charge on any atom is 0.534 e. The number of hydrogen-bond acceptors (Lipinski definition) is 4. The van der Waals surface area contributed by atoms with Crippen molar-refractivity contribution in [2.45, 2.75) is 11.9 Å². The molecule has 2 aromatic rings. The number of H-pyrrole nitrogens is 1. The van der Waals surface area contributed by atoms with Crippen LogP contribution in [0.25, 0.3) is 0 Å². The number of aromatic nitrogens is 1. The minimum atomic E-state index is -5.88. The summed E-state index contributed by atoms with van der Waals surface area (Å²) in [6, 6.07) is 6.80. The summed E-state index contributed by atoms with van der Waals surface area (Å²) in [7, 11) is -5.88. The summed E-state index contributed by atoms with van der Waals surface area (Å²) in [5, 5.41) is 0. The molecular formula is C13H9F4NO4S. The molecule has 0 fully saturated rings. The fourth-order valence-electron chi connectivity index (χ4n) is 1.76. The first-order chi connectivity index (χ1) is 10.6. The highest BCUT2D eigenvalue weighted by atomic mass is 32.2. The Bertz CT molecular complexity index is 874. The van der Waals surface area contributed by atoms with E-state index >= 15 is 0 Å². The van der Waals surface area contributed by atoms with Crippen molar-refractivity contribution in [1.29, 1.82) is 0 Å². The largest absolute Gasteiger partial charge is 0.534 e. The molecule has 0 bridgehead atoms. The maximum atomic E-state index is 13.1. The number of aromatic amines is 1. The first-order valence-electron chi connectivity index (χ1n) is 6.05. The van der Waals surface area contributed by atoms with E-state index in [0.29, 0.717) is 11.6 Å². The molecule has 0 saturated carbocycles. The number of benzene rings is 1. The second-order valence-electron chi connectivity index (χ2n) is 4.50. The molecule has 1 heterocycles. The van der Waals surface area contributed by atoms with Crippen LogP contribution in [0.5, 0.6) is 5.75 Å². The molecule has 0 radical (unpaired) electrons. The molecule has 0 atom stereocenters. The lowest BCUT2D eigenvalue weighted by atomic mass is 10.1. The summed E-state index contributed by atoms with van der Waals surface area (Å²) in [5.41, 5.74) is -5.98. The van der Waals surface area contributed by atoms with E-state index in [1.54, 1.807) is 0 Å². The fourth-order valence-corrected chi connectivity index (χ4v) is 2.20. The molecule has 5 nitrogen and oxygen atoms in total. The predicted molar refractivity (Wildman–Crippen MR) is 71.9 cm³/mol. The zero-order valence-electron chi connectivity index (χ0n) is 11.2. The molecule has 10 heteroatoms. The average molecular weight is 351 g/mol. The molecule has 0 amide bonds. The average Bonchev–Trinajstić information content (AvgIpc) is 2.35. The highest BCUT2D eigenvalue weighted by molar-refractivity contribution is 7.88. The lowest BCUT2D eigenvalue weighted by molar-refractivity contribution is -0.0500. The number of nitrogens with one attached hydrogen (secondary N) is 1. The van der Waals surface area contributed by atoms with Gasteiger partial charge in [-0.2, -0.15) is 21.6 Å². The number of alkyl halides is 3. The topological polar surface area (TPSA) is 76.2 Å². The van der Waals surface area contributed by atoms with Crippen molar-refractivity contribution in [2.24, 2.45) is 0 Å². The van der Waals surface area contributed by atoms with Gasteiger partial charge in [-0.25, -0.2) is 4.39 Å². The van der Waals surface area contributed by atoms with Gasteiger partial charge in [0.15, 0.2) is 0 Å². The molecule has 1 N–H and O–H groups in total. The van der Waals surface area contributed by atoms with Gasteiger partial charge in [-0.1, -0.05) is 12.1 Å². The van der Waals surface area contributed by atoms with Crippen LogP contribution in [0.1, 0.15) is 11.3 Å². The summed E-state index contributed by atoms with van der Waals surface area (Å²) in [6.45, 7) is 0. The molecule has 0 aliphatic rings. The van der Waals surface area contributed by atoms with E-state index in [-0.39, 0.29) is 12.1 Å². The zero-order chi connectivity index (χ0) is 17.3. The number of pyridine rings is 1. The minimum absolute atomic E-state index is 0.0315. The van der Waals surface area contributed by atoms with E-state index in [9.17, 15) is 30.8 Å². The predicted octanol–water partition coefficient (Wildman–Crippen LogP) is 2.33. The molecule has 0 unspecified atom stereocenters. The van der Waals surface area contributed by atoms with E-state index in [0.717, 1.165) is 12.1 Å². The van der Waals surface area contributed by atoms with Crippen LogP contribution in [0.2, 0.25) is 0 Å². The van der Waals surface area contributed by atoms with E-state index in [1.165, 1.54) is 18.2 Å². The van der Waals surface area contributed by atoms with Crippen molar-refractivity contribution < 1.29 is 30.2 Å². The molecule has 124 valence electrons. The summed E-state index contributed by atoms with van der Waals surface area (Å²) >= 11 is 0. The van der Waals surface area contributed by atoms with Gasteiger partial charge in [0.2, 0.25) is 0 Å². The number of halogens is 4. The molecule has 0 saturated heterocycles. The summed E-state index contributed by atoms with van der Waals surface area (Å²) < 4.78 is 75.7. The van der Waals surface area contributed by atoms with Gasteiger partial charge in [-0.05, 0) is 17.7 Å². The van der Waals surface area contributed by atoms with Crippen LogP contribution in [-0.4, -0.2) is 18.9 Å². The van der Waals surface area contributed by atoms with E-state index in [1.807, 2.05) is 0 Å². The van der Waals surface area contributed by atoms with Gasteiger partial charge in [0.1, 0.15) is 11.6 Å². The van der Waals surface area contributed by atoms with Gasteiger partial charge in [-0.15, -0.1) is 0 Å². The monoisotopic (exact) mass is 351 g/mol.